The third-order valence-corrected chi connectivity index (χ3v) is 5.80. The van der Waals surface area contributed by atoms with Crippen LogP contribution in [0, 0.1) is 16.7 Å². The lowest BCUT2D eigenvalue weighted by Gasteiger charge is -2.37. The van der Waals surface area contributed by atoms with E-state index in [4.69, 9.17) is 15.2 Å². The molecule has 1 unspecified atom stereocenters. The van der Waals surface area contributed by atoms with E-state index in [-0.39, 0.29) is 24.0 Å². The maximum Gasteiger partial charge on any atom is 0.248 e. The third kappa shape index (κ3) is 2.73. The molecule has 0 bridgehead atoms. The number of nitrogens with zero attached hydrogens (tertiary/aromatic N) is 4. The minimum absolute atomic E-state index is 0.183. The molecule has 0 aromatic rings. The molecule has 1 aliphatic carbocycles. The fraction of sp³-hybridized carbons (Fsp3) is 0.600. The van der Waals surface area contributed by atoms with E-state index in [0.717, 1.165) is 43.4 Å². The van der Waals surface area contributed by atoms with E-state index >= 15 is 0 Å². The largest absolute Gasteiger partial charge is 0.445 e. The van der Waals surface area contributed by atoms with E-state index in [1.54, 1.807) is 6.92 Å². The van der Waals surface area contributed by atoms with Gasteiger partial charge in [0.1, 0.15) is 23.5 Å². The summed E-state index contributed by atoms with van der Waals surface area (Å²) in [6.07, 6.45) is 4.90. The molecule has 4 aliphatic rings. The number of hydrogen-bond acceptors (Lipinski definition) is 7. The molecule has 1 amide bonds. The topological polar surface area (TPSA) is 113 Å². The minimum atomic E-state index is -1.07. The number of amidine groups is 1. The molecule has 3 aliphatic heterocycles. The van der Waals surface area contributed by atoms with Crippen molar-refractivity contribution in [2.24, 2.45) is 21.1 Å². The average Bonchev–Trinajstić information content (AvgIpc) is 3.04. The molecule has 8 nitrogen and oxygen atoms in total. The highest BCUT2D eigenvalue weighted by Gasteiger charge is 2.60. The molecule has 0 saturated carbocycles. The molecule has 0 aromatic heterocycles. The van der Waals surface area contributed by atoms with Gasteiger partial charge in [0.05, 0.1) is 18.8 Å². The number of aliphatic imine (C=N–C) groups is 2. The Bertz CT molecular complexity index is 858. The Morgan fingerprint density at radius 3 is 2.79 bits per heavy atom. The van der Waals surface area contributed by atoms with Crippen molar-refractivity contribution in [1.29, 1.82) is 5.26 Å². The zero-order chi connectivity index (χ0) is 19.7. The van der Waals surface area contributed by atoms with Crippen molar-refractivity contribution in [1.82, 2.24) is 4.90 Å². The minimum Gasteiger partial charge on any atom is -0.445 e. The summed E-state index contributed by atoms with van der Waals surface area (Å²) in [5.41, 5.74) is 6.47. The van der Waals surface area contributed by atoms with Gasteiger partial charge in [0.2, 0.25) is 11.8 Å². The Morgan fingerprint density at radius 2 is 2.07 bits per heavy atom. The Labute approximate surface area is 164 Å². The van der Waals surface area contributed by atoms with Crippen LogP contribution in [0.15, 0.2) is 32.7 Å². The Kier molecular flexibility index (Phi) is 4.94. The smallest absolute Gasteiger partial charge is 0.248 e. The van der Waals surface area contributed by atoms with Crippen molar-refractivity contribution >= 4 is 17.6 Å². The zero-order valence-electron chi connectivity index (χ0n) is 16.2. The van der Waals surface area contributed by atoms with Gasteiger partial charge in [-0.15, -0.1) is 0 Å². The summed E-state index contributed by atoms with van der Waals surface area (Å²) in [6, 6.07) is 2.27. The van der Waals surface area contributed by atoms with Gasteiger partial charge >= 0.3 is 0 Å². The highest BCUT2D eigenvalue weighted by Crippen LogP contribution is 2.54. The van der Waals surface area contributed by atoms with Crippen LogP contribution in [-0.4, -0.2) is 48.8 Å². The van der Waals surface area contributed by atoms with Crippen LogP contribution < -0.4 is 5.73 Å². The van der Waals surface area contributed by atoms with Crippen LogP contribution in [0.3, 0.4) is 0 Å². The van der Waals surface area contributed by atoms with E-state index in [2.05, 4.69) is 21.0 Å². The van der Waals surface area contributed by atoms with E-state index in [1.165, 1.54) is 0 Å². The summed E-state index contributed by atoms with van der Waals surface area (Å²) >= 11 is 0. The van der Waals surface area contributed by atoms with Gasteiger partial charge in [-0.1, -0.05) is 13.3 Å². The van der Waals surface area contributed by atoms with Crippen molar-refractivity contribution in [3.8, 4) is 6.07 Å². The van der Waals surface area contributed by atoms with Gasteiger partial charge in [0.25, 0.3) is 0 Å². The van der Waals surface area contributed by atoms with E-state index < -0.39 is 5.41 Å². The van der Waals surface area contributed by atoms with Gasteiger partial charge in [-0.25, -0.2) is 4.99 Å². The lowest BCUT2D eigenvalue weighted by Crippen LogP contribution is -2.51. The van der Waals surface area contributed by atoms with Gasteiger partial charge in [0, 0.05) is 25.9 Å². The molecule has 2 N–H and O–H groups in total. The summed E-state index contributed by atoms with van der Waals surface area (Å²) in [6.45, 7) is 4.19. The van der Waals surface area contributed by atoms with Gasteiger partial charge in [-0.05, 0) is 24.8 Å². The van der Waals surface area contributed by atoms with Crippen LogP contribution in [0.1, 0.15) is 45.4 Å². The number of rotatable bonds is 1. The fourth-order valence-electron chi connectivity index (χ4n) is 4.46. The normalized spacial score (nSPS) is 28.9. The number of nitrogens with two attached hydrogens (primary N) is 1. The lowest BCUT2D eigenvalue weighted by atomic mass is 9.72. The van der Waals surface area contributed by atoms with E-state index in [9.17, 15) is 10.1 Å². The van der Waals surface area contributed by atoms with Crippen LogP contribution in [0.2, 0.25) is 0 Å². The summed E-state index contributed by atoms with van der Waals surface area (Å²) < 4.78 is 11.7. The van der Waals surface area contributed by atoms with Crippen molar-refractivity contribution < 1.29 is 14.3 Å². The first-order valence-corrected chi connectivity index (χ1v) is 9.97. The number of amides is 1. The standard InChI is InChI=1S/C20H25N5O3/c1-2-16(26)23-19-20(13-6-4-3-5-7-15(13)28-19)14(12-21)17(22)24-18(20)25-8-10-27-11-9-25/h2-11,22H2,1H3. The summed E-state index contributed by atoms with van der Waals surface area (Å²) in [7, 11) is 0. The first-order valence-electron chi connectivity index (χ1n) is 9.97. The highest BCUT2D eigenvalue weighted by atomic mass is 16.5. The number of hydrogen-bond donors (Lipinski definition) is 1. The Balaban J connectivity index is 1.93. The van der Waals surface area contributed by atoms with Crippen molar-refractivity contribution in [2.75, 3.05) is 26.3 Å². The second-order valence-corrected chi connectivity index (χ2v) is 7.39. The molecular formula is C20H25N5O3. The summed E-state index contributed by atoms with van der Waals surface area (Å²) in [4.78, 5) is 23.3. The van der Waals surface area contributed by atoms with Gasteiger partial charge in [-0.3, -0.25) is 4.79 Å². The third-order valence-electron chi connectivity index (χ3n) is 5.80. The van der Waals surface area contributed by atoms with E-state index in [0.29, 0.717) is 37.7 Å². The Hall–Kier alpha value is -2.66. The van der Waals surface area contributed by atoms with Crippen LogP contribution in [-0.2, 0) is 14.3 Å². The first kappa shape index (κ1) is 18.7. The quantitative estimate of drug-likeness (QED) is 0.741. The number of allylic oxidation sites excluding steroid dienone is 1. The SMILES string of the molecule is CCC(=O)N=C1OC2=C(CCCCC2)C12C(N1CCOCC1)=NC(N)=C2C#N. The second-order valence-electron chi connectivity index (χ2n) is 7.39. The molecule has 1 spiro atoms. The number of fused-ring (bicyclic) bond motifs is 1. The molecule has 1 atom stereocenters. The molecule has 1 saturated heterocycles. The molecule has 8 heteroatoms. The number of carbonyl (C=O) groups excluding carboxylic acids is 1. The Morgan fingerprint density at radius 1 is 1.32 bits per heavy atom. The summed E-state index contributed by atoms with van der Waals surface area (Å²) in [5.74, 6) is 1.62. The molecule has 0 aromatic carbocycles. The van der Waals surface area contributed by atoms with Crippen LogP contribution in [0.4, 0.5) is 0 Å². The maximum atomic E-state index is 12.3. The second kappa shape index (κ2) is 7.40. The molecule has 3 heterocycles. The monoisotopic (exact) mass is 383 g/mol. The lowest BCUT2D eigenvalue weighted by molar-refractivity contribution is -0.117. The molecule has 28 heavy (non-hydrogen) atoms. The zero-order valence-corrected chi connectivity index (χ0v) is 16.2. The molecule has 148 valence electrons. The molecule has 4 rings (SSSR count). The predicted octanol–water partition coefficient (Wildman–Crippen LogP) is 1.99. The van der Waals surface area contributed by atoms with Gasteiger partial charge in [0.15, 0.2) is 5.41 Å². The first-order chi connectivity index (χ1) is 13.6. The number of carbonyl (C=O) groups is 1. The van der Waals surface area contributed by atoms with Gasteiger partial charge < -0.3 is 20.1 Å². The molecule has 1 fully saturated rings. The van der Waals surface area contributed by atoms with Crippen molar-refractivity contribution in [3.63, 3.8) is 0 Å². The molecule has 0 radical (unpaired) electrons. The summed E-state index contributed by atoms with van der Waals surface area (Å²) in [5, 5.41) is 10.0. The average molecular weight is 383 g/mol. The number of morpholine rings is 1. The van der Waals surface area contributed by atoms with Crippen molar-refractivity contribution in [2.45, 2.75) is 45.4 Å². The number of ether oxygens (including phenoxy) is 2. The number of nitriles is 1. The van der Waals surface area contributed by atoms with E-state index in [1.807, 2.05) is 0 Å². The highest BCUT2D eigenvalue weighted by molar-refractivity contribution is 6.20. The van der Waals surface area contributed by atoms with Crippen LogP contribution >= 0.6 is 0 Å². The van der Waals surface area contributed by atoms with Gasteiger partial charge in [-0.2, -0.15) is 10.3 Å². The van der Waals surface area contributed by atoms with Crippen LogP contribution in [0.25, 0.3) is 0 Å². The predicted molar refractivity (Wildman–Crippen MR) is 103 cm³/mol. The van der Waals surface area contributed by atoms with Crippen LogP contribution in [0.5, 0.6) is 0 Å². The fourth-order valence-corrected chi connectivity index (χ4v) is 4.46. The van der Waals surface area contributed by atoms with Crippen molar-refractivity contribution in [3.05, 3.63) is 22.7 Å². The maximum absolute atomic E-state index is 12.3. The molecular weight excluding hydrogens is 358 g/mol.